The van der Waals surface area contributed by atoms with E-state index < -0.39 is 5.97 Å². The Balaban J connectivity index is 2.28. The van der Waals surface area contributed by atoms with Gasteiger partial charge in [-0.25, -0.2) is 0 Å². The van der Waals surface area contributed by atoms with Gasteiger partial charge < -0.3 is 5.11 Å². The third kappa shape index (κ3) is 3.08. The van der Waals surface area contributed by atoms with Crippen LogP contribution in [0, 0.1) is 0 Å². The van der Waals surface area contributed by atoms with Crippen molar-refractivity contribution < 1.29 is 9.90 Å². The highest BCUT2D eigenvalue weighted by atomic mass is 35.5. The standard InChI is InChI=1S/C7H12ClNO2/c8-6-2-1-3-9(4-6)5-7(10)11/h6H,1-5H2,(H,10,11). The van der Waals surface area contributed by atoms with Gasteiger partial charge in [0.15, 0.2) is 0 Å². The van der Waals surface area contributed by atoms with Gasteiger partial charge in [-0.15, -0.1) is 11.6 Å². The molecule has 0 bridgehead atoms. The number of carboxylic acids is 1. The number of halogens is 1. The van der Waals surface area contributed by atoms with Crippen LogP contribution in [0.25, 0.3) is 0 Å². The Labute approximate surface area is 70.9 Å². The Hall–Kier alpha value is -0.280. The van der Waals surface area contributed by atoms with E-state index in [1.165, 1.54) is 0 Å². The highest BCUT2D eigenvalue weighted by molar-refractivity contribution is 6.20. The van der Waals surface area contributed by atoms with Crippen molar-refractivity contribution in [3.8, 4) is 0 Å². The van der Waals surface area contributed by atoms with E-state index in [2.05, 4.69) is 0 Å². The van der Waals surface area contributed by atoms with E-state index in [0.717, 1.165) is 19.4 Å². The van der Waals surface area contributed by atoms with Gasteiger partial charge in [0, 0.05) is 11.9 Å². The van der Waals surface area contributed by atoms with Crippen LogP contribution in [0.4, 0.5) is 0 Å². The van der Waals surface area contributed by atoms with Crippen molar-refractivity contribution in [3.05, 3.63) is 0 Å². The molecule has 0 aromatic heterocycles. The van der Waals surface area contributed by atoms with Gasteiger partial charge in [-0.2, -0.15) is 0 Å². The minimum Gasteiger partial charge on any atom is -0.480 e. The summed E-state index contributed by atoms with van der Waals surface area (Å²) in [5, 5.41) is 8.61. The summed E-state index contributed by atoms with van der Waals surface area (Å²) >= 11 is 5.86. The summed E-state index contributed by atoms with van der Waals surface area (Å²) < 4.78 is 0. The SMILES string of the molecule is O=C(O)CN1CCCC(Cl)C1. The number of likely N-dealkylation sites (tertiary alicyclic amines) is 1. The molecule has 1 saturated heterocycles. The summed E-state index contributed by atoms with van der Waals surface area (Å²) in [6, 6.07) is 0. The van der Waals surface area contributed by atoms with Gasteiger partial charge in [-0.05, 0) is 19.4 Å². The van der Waals surface area contributed by atoms with E-state index in [0.29, 0.717) is 6.54 Å². The Morgan fingerprint density at radius 2 is 2.45 bits per heavy atom. The maximum atomic E-state index is 10.3. The summed E-state index contributed by atoms with van der Waals surface area (Å²) in [5.41, 5.74) is 0. The van der Waals surface area contributed by atoms with Crippen LogP contribution in [-0.4, -0.2) is 41.0 Å². The fourth-order valence-corrected chi connectivity index (χ4v) is 1.68. The highest BCUT2D eigenvalue weighted by Gasteiger charge is 2.18. The number of hydrogen-bond donors (Lipinski definition) is 1. The van der Waals surface area contributed by atoms with Gasteiger partial charge in [-0.3, -0.25) is 9.69 Å². The van der Waals surface area contributed by atoms with Crippen LogP contribution >= 0.6 is 11.6 Å². The zero-order valence-electron chi connectivity index (χ0n) is 6.29. The van der Waals surface area contributed by atoms with Crippen molar-refractivity contribution in [3.63, 3.8) is 0 Å². The third-order valence-electron chi connectivity index (χ3n) is 1.81. The van der Waals surface area contributed by atoms with Gasteiger partial charge >= 0.3 is 5.97 Å². The van der Waals surface area contributed by atoms with Gasteiger partial charge in [-0.1, -0.05) is 0 Å². The molecule has 0 amide bonds. The molecule has 1 N–H and O–H groups in total. The number of carboxylic acid groups (broad SMARTS) is 1. The van der Waals surface area contributed by atoms with Gasteiger partial charge in [0.05, 0.1) is 6.54 Å². The molecule has 0 aliphatic carbocycles. The molecule has 64 valence electrons. The minimum absolute atomic E-state index is 0.128. The smallest absolute Gasteiger partial charge is 0.317 e. The van der Waals surface area contributed by atoms with Gasteiger partial charge in [0.1, 0.15) is 0 Å². The van der Waals surface area contributed by atoms with Crippen molar-refractivity contribution in [1.29, 1.82) is 0 Å². The van der Waals surface area contributed by atoms with Crippen LogP contribution in [0.2, 0.25) is 0 Å². The molecule has 0 saturated carbocycles. The predicted octanol–water partition coefficient (Wildman–Crippen LogP) is 0.774. The molecule has 0 aromatic carbocycles. The lowest BCUT2D eigenvalue weighted by atomic mass is 10.1. The molecule has 1 heterocycles. The number of aliphatic carboxylic acids is 1. The zero-order chi connectivity index (χ0) is 8.27. The number of hydrogen-bond acceptors (Lipinski definition) is 2. The number of alkyl halides is 1. The first-order valence-corrected chi connectivity index (χ1v) is 4.20. The molecule has 1 atom stereocenters. The molecule has 0 radical (unpaired) electrons. The number of carbonyl (C=O) groups is 1. The highest BCUT2D eigenvalue weighted by Crippen LogP contribution is 2.14. The second kappa shape index (κ2) is 3.93. The summed E-state index contributed by atoms with van der Waals surface area (Å²) in [7, 11) is 0. The number of nitrogens with zero attached hydrogens (tertiary/aromatic N) is 1. The van der Waals surface area contributed by atoms with Crippen molar-refractivity contribution in [2.75, 3.05) is 19.6 Å². The Kier molecular flexibility index (Phi) is 3.15. The molecule has 1 fully saturated rings. The first-order chi connectivity index (χ1) is 5.18. The normalized spacial score (nSPS) is 26.8. The summed E-state index contributed by atoms with van der Waals surface area (Å²) in [6.45, 7) is 1.71. The molecule has 0 spiro atoms. The van der Waals surface area contributed by atoms with Gasteiger partial charge in [0.25, 0.3) is 0 Å². The maximum Gasteiger partial charge on any atom is 0.317 e. The van der Waals surface area contributed by atoms with E-state index in [-0.39, 0.29) is 11.9 Å². The van der Waals surface area contributed by atoms with Crippen LogP contribution in [0.1, 0.15) is 12.8 Å². The average molecular weight is 178 g/mol. The molecule has 0 aromatic rings. The van der Waals surface area contributed by atoms with E-state index >= 15 is 0 Å². The lowest BCUT2D eigenvalue weighted by molar-refractivity contribution is -0.138. The van der Waals surface area contributed by atoms with E-state index in [1.807, 2.05) is 4.90 Å². The summed E-state index contributed by atoms with van der Waals surface area (Å²) in [6.07, 6.45) is 2.03. The molecular weight excluding hydrogens is 166 g/mol. The van der Waals surface area contributed by atoms with E-state index in [9.17, 15) is 4.79 Å². The molecule has 1 aliphatic heterocycles. The Morgan fingerprint density at radius 3 is 3.00 bits per heavy atom. The predicted molar refractivity (Wildman–Crippen MR) is 43.0 cm³/mol. The molecule has 1 aliphatic rings. The van der Waals surface area contributed by atoms with Crippen molar-refractivity contribution in [2.24, 2.45) is 0 Å². The van der Waals surface area contributed by atoms with Crippen LogP contribution in [-0.2, 0) is 4.79 Å². The summed E-state index contributed by atoms with van der Waals surface area (Å²) in [4.78, 5) is 12.2. The molecule has 1 unspecified atom stereocenters. The maximum absolute atomic E-state index is 10.3. The van der Waals surface area contributed by atoms with Crippen molar-refractivity contribution in [1.82, 2.24) is 4.90 Å². The number of piperidine rings is 1. The average Bonchev–Trinajstić information content (AvgIpc) is 1.85. The van der Waals surface area contributed by atoms with Crippen LogP contribution in [0.3, 0.4) is 0 Å². The molecule has 1 rings (SSSR count). The van der Waals surface area contributed by atoms with Gasteiger partial charge in [0.2, 0.25) is 0 Å². The third-order valence-corrected chi connectivity index (χ3v) is 2.16. The lowest BCUT2D eigenvalue weighted by Crippen LogP contribution is -2.39. The lowest BCUT2D eigenvalue weighted by Gasteiger charge is -2.27. The second-order valence-corrected chi connectivity index (χ2v) is 3.49. The fourth-order valence-electron chi connectivity index (χ4n) is 1.33. The minimum atomic E-state index is -0.768. The van der Waals surface area contributed by atoms with Crippen molar-refractivity contribution >= 4 is 17.6 Å². The largest absolute Gasteiger partial charge is 0.480 e. The Morgan fingerprint density at radius 1 is 1.73 bits per heavy atom. The first kappa shape index (κ1) is 8.81. The summed E-state index contributed by atoms with van der Waals surface area (Å²) in [5.74, 6) is -0.768. The Bertz CT molecular complexity index is 151. The van der Waals surface area contributed by atoms with Crippen LogP contribution in [0.5, 0.6) is 0 Å². The number of rotatable bonds is 2. The van der Waals surface area contributed by atoms with Crippen LogP contribution < -0.4 is 0 Å². The zero-order valence-corrected chi connectivity index (χ0v) is 7.05. The van der Waals surface area contributed by atoms with Crippen molar-refractivity contribution in [2.45, 2.75) is 18.2 Å². The topological polar surface area (TPSA) is 40.5 Å². The first-order valence-electron chi connectivity index (χ1n) is 3.76. The van der Waals surface area contributed by atoms with E-state index in [1.54, 1.807) is 0 Å². The molecule has 3 nitrogen and oxygen atoms in total. The van der Waals surface area contributed by atoms with Crippen LogP contribution in [0.15, 0.2) is 0 Å². The molecule has 4 heteroatoms. The monoisotopic (exact) mass is 177 g/mol. The second-order valence-electron chi connectivity index (χ2n) is 2.87. The quantitative estimate of drug-likeness (QED) is 0.634. The van der Waals surface area contributed by atoms with E-state index in [4.69, 9.17) is 16.7 Å². The fraction of sp³-hybridized carbons (Fsp3) is 0.857. The molecular formula is C7H12ClNO2. The molecule has 11 heavy (non-hydrogen) atoms.